The van der Waals surface area contributed by atoms with Gasteiger partial charge in [-0.15, -0.1) is 0 Å². The Labute approximate surface area is 137 Å². The van der Waals surface area contributed by atoms with Crippen molar-refractivity contribution in [3.63, 3.8) is 0 Å². The summed E-state index contributed by atoms with van der Waals surface area (Å²) in [6.07, 6.45) is 1.55. The Morgan fingerprint density at radius 2 is 1.79 bits per heavy atom. The SMILES string of the molecule is C=CC[N+]1(C)CC(S(=O)(=O)O)C(S(=O)(=O)O)C1C.[H-].[Na+]. The Bertz CT molecular complexity index is 551. The van der Waals surface area contributed by atoms with E-state index < -0.39 is 36.8 Å². The molecule has 0 aromatic rings. The summed E-state index contributed by atoms with van der Waals surface area (Å²) in [5.74, 6) is 0. The minimum atomic E-state index is -4.56. The van der Waals surface area contributed by atoms with E-state index in [1.54, 1.807) is 13.1 Å². The Kier molecular flexibility index (Phi) is 6.27. The second-order valence-corrected chi connectivity index (χ2v) is 8.12. The monoisotopic (exact) mass is 324 g/mol. The van der Waals surface area contributed by atoms with Gasteiger partial charge in [0.15, 0.2) is 10.5 Å². The van der Waals surface area contributed by atoms with Gasteiger partial charge in [-0.2, -0.15) is 16.8 Å². The third kappa shape index (κ3) is 4.01. The molecule has 1 aliphatic rings. The summed E-state index contributed by atoms with van der Waals surface area (Å²) in [5, 5.41) is -3.05. The molecule has 1 fully saturated rings. The standard InChI is InChI=1S/C9H17NO6S2.Na.H/c1-4-5-10(3)6-8(17(11,12)13)9(7(10)2)18(14,15)16;;/h4,7-9H,1,5-6H2,2-3H3,(H-,11,12,13,14,15,16);;/q;+1;-1/p+1. The quantitative estimate of drug-likeness (QED) is 0.242. The van der Waals surface area contributed by atoms with Crippen LogP contribution in [0.15, 0.2) is 12.7 Å². The van der Waals surface area contributed by atoms with Crippen LogP contribution in [0, 0.1) is 0 Å². The Morgan fingerprint density at radius 3 is 2.05 bits per heavy atom. The summed E-state index contributed by atoms with van der Waals surface area (Å²) in [5.41, 5.74) is 0. The molecule has 0 amide bonds. The predicted molar refractivity (Wildman–Crippen MR) is 67.4 cm³/mol. The van der Waals surface area contributed by atoms with Crippen molar-refractivity contribution in [1.82, 2.24) is 0 Å². The van der Waals surface area contributed by atoms with Gasteiger partial charge in [-0.05, 0) is 13.0 Å². The van der Waals surface area contributed by atoms with Crippen molar-refractivity contribution < 1.29 is 61.4 Å². The summed E-state index contributed by atoms with van der Waals surface area (Å²) in [4.78, 5) is 0. The van der Waals surface area contributed by atoms with E-state index in [4.69, 9.17) is 4.55 Å². The molecule has 2 N–H and O–H groups in total. The Hall–Kier alpha value is 0.520. The van der Waals surface area contributed by atoms with E-state index in [-0.39, 0.29) is 42.0 Å². The molecule has 0 aromatic heterocycles. The molecule has 10 heteroatoms. The van der Waals surface area contributed by atoms with Gasteiger partial charge in [0.25, 0.3) is 20.2 Å². The number of rotatable bonds is 4. The molecule has 1 aliphatic heterocycles. The molecule has 0 aromatic carbocycles. The van der Waals surface area contributed by atoms with Crippen LogP contribution in [-0.2, 0) is 20.2 Å². The number of hydrogen-bond donors (Lipinski definition) is 2. The molecule has 1 heterocycles. The van der Waals surface area contributed by atoms with Crippen molar-refractivity contribution >= 4 is 20.2 Å². The second kappa shape index (κ2) is 6.10. The average molecular weight is 324 g/mol. The summed E-state index contributed by atoms with van der Waals surface area (Å²) in [6, 6.07) is -0.662. The average Bonchev–Trinajstić information content (AvgIpc) is 2.38. The van der Waals surface area contributed by atoms with Crippen LogP contribution in [0.2, 0.25) is 0 Å². The minimum absolute atomic E-state index is 0. The van der Waals surface area contributed by atoms with Crippen molar-refractivity contribution in [2.24, 2.45) is 0 Å². The third-order valence-electron chi connectivity index (χ3n) is 3.69. The topological polar surface area (TPSA) is 109 Å². The zero-order valence-electron chi connectivity index (χ0n) is 12.2. The summed E-state index contributed by atoms with van der Waals surface area (Å²) >= 11 is 0. The fraction of sp³-hybridized carbons (Fsp3) is 0.778. The minimum Gasteiger partial charge on any atom is -1.00 e. The van der Waals surface area contributed by atoms with Gasteiger partial charge >= 0.3 is 29.6 Å². The molecule has 0 aliphatic carbocycles. The zero-order chi connectivity index (χ0) is 14.4. The molecule has 4 atom stereocenters. The van der Waals surface area contributed by atoms with Crippen LogP contribution in [0.3, 0.4) is 0 Å². The van der Waals surface area contributed by atoms with Gasteiger partial charge in [-0.3, -0.25) is 9.11 Å². The molecule has 0 spiro atoms. The molecule has 108 valence electrons. The normalized spacial score (nSPS) is 35.7. The first kappa shape index (κ1) is 19.5. The van der Waals surface area contributed by atoms with E-state index in [0.29, 0.717) is 6.54 Å². The summed E-state index contributed by atoms with van der Waals surface area (Å²) in [6.45, 7) is 5.33. The molecule has 7 nitrogen and oxygen atoms in total. The molecule has 19 heavy (non-hydrogen) atoms. The van der Waals surface area contributed by atoms with E-state index in [9.17, 15) is 21.4 Å². The third-order valence-corrected chi connectivity index (χ3v) is 6.48. The van der Waals surface area contributed by atoms with E-state index >= 15 is 0 Å². The Morgan fingerprint density at radius 1 is 1.32 bits per heavy atom. The number of likely N-dealkylation sites (N-methyl/N-ethyl adjacent to an activating group) is 1. The van der Waals surface area contributed by atoms with E-state index in [1.807, 2.05) is 0 Å². The summed E-state index contributed by atoms with van der Waals surface area (Å²) in [7, 11) is -7.45. The molecule has 4 unspecified atom stereocenters. The van der Waals surface area contributed by atoms with E-state index in [0.717, 1.165) is 0 Å². The van der Waals surface area contributed by atoms with Crippen LogP contribution in [0.1, 0.15) is 8.35 Å². The number of hydrogen-bond acceptors (Lipinski definition) is 4. The maximum atomic E-state index is 11.3. The van der Waals surface area contributed by atoms with Crippen molar-refractivity contribution in [2.45, 2.75) is 23.5 Å². The molecule has 1 saturated heterocycles. The smallest absolute Gasteiger partial charge is 1.00 e. The zero-order valence-corrected chi connectivity index (χ0v) is 14.9. The largest absolute Gasteiger partial charge is 1.00 e. The fourth-order valence-electron chi connectivity index (χ4n) is 2.59. The summed E-state index contributed by atoms with van der Waals surface area (Å²) < 4.78 is 63.6. The number of likely N-dealkylation sites (tertiary alicyclic amines) is 1. The van der Waals surface area contributed by atoms with Crippen molar-refractivity contribution in [1.29, 1.82) is 0 Å². The van der Waals surface area contributed by atoms with Gasteiger partial charge in [0.1, 0.15) is 12.6 Å². The molecule has 0 saturated carbocycles. The molecule has 0 radical (unpaired) electrons. The van der Waals surface area contributed by atoms with Crippen molar-refractivity contribution in [3.05, 3.63) is 12.7 Å². The van der Waals surface area contributed by atoms with Crippen molar-refractivity contribution in [3.8, 4) is 0 Å². The Balaban J connectivity index is 0. The fourth-order valence-corrected chi connectivity index (χ4v) is 5.79. The van der Waals surface area contributed by atoms with Gasteiger partial charge < -0.3 is 5.91 Å². The number of nitrogens with zero attached hydrogens (tertiary/aromatic N) is 1. The maximum absolute atomic E-state index is 11.3. The van der Waals surface area contributed by atoms with Crippen LogP contribution >= 0.6 is 0 Å². The molecule has 0 bridgehead atoms. The van der Waals surface area contributed by atoms with Crippen molar-refractivity contribution in [2.75, 3.05) is 20.1 Å². The van der Waals surface area contributed by atoms with Crippen LogP contribution in [0.4, 0.5) is 0 Å². The second-order valence-electron chi connectivity index (χ2n) is 4.91. The first-order valence-corrected chi connectivity index (χ1v) is 8.32. The van der Waals surface area contributed by atoms with Crippen LogP contribution < -0.4 is 29.6 Å². The molecular weight excluding hydrogens is 305 g/mol. The van der Waals surface area contributed by atoms with E-state index in [1.165, 1.54) is 6.92 Å². The van der Waals surface area contributed by atoms with Crippen LogP contribution in [-0.4, -0.2) is 67.1 Å². The van der Waals surface area contributed by atoms with Crippen LogP contribution in [0.5, 0.6) is 0 Å². The first-order valence-electron chi connectivity index (χ1n) is 5.31. The predicted octanol–water partition coefficient (Wildman–Crippen LogP) is -3.35. The van der Waals surface area contributed by atoms with E-state index in [2.05, 4.69) is 6.58 Å². The van der Waals surface area contributed by atoms with Gasteiger partial charge in [0, 0.05) is 0 Å². The van der Waals surface area contributed by atoms with Gasteiger partial charge in [-0.25, -0.2) is 0 Å². The molecule has 1 rings (SSSR count). The van der Waals surface area contributed by atoms with Gasteiger partial charge in [0.2, 0.25) is 0 Å². The van der Waals surface area contributed by atoms with Gasteiger partial charge in [0.05, 0.1) is 13.6 Å². The maximum Gasteiger partial charge on any atom is 1.00 e. The number of quaternary nitrogens is 1. The molecular formula is C9H19NNaO6S2+. The van der Waals surface area contributed by atoms with Gasteiger partial charge in [-0.1, -0.05) is 6.58 Å². The van der Waals surface area contributed by atoms with Crippen LogP contribution in [0.25, 0.3) is 0 Å². The first-order chi connectivity index (χ1) is 7.93.